The average Bonchev–Trinajstić information content (AvgIpc) is 2.04. The van der Waals surface area contributed by atoms with Crippen molar-refractivity contribution in [3.05, 3.63) is 30.3 Å². The molecule has 0 nitrogen and oxygen atoms in total. The smallest absolute Gasteiger partial charge is 0.126 e. The molecule has 0 aliphatic carbocycles. The number of hydrogen-bond acceptors (Lipinski definition) is 1. The molecule has 5 heteroatoms. The van der Waals surface area contributed by atoms with Crippen LogP contribution in [0.3, 0.4) is 0 Å². The summed E-state index contributed by atoms with van der Waals surface area (Å²) in [4.78, 5) is 1.23. The van der Waals surface area contributed by atoms with Crippen LogP contribution in [0.2, 0.25) is 6.04 Å². The fourth-order valence-corrected chi connectivity index (χ4v) is 4.80. The van der Waals surface area contributed by atoms with E-state index in [1.54, 1.807) is 11.8 Å². The molecule has 72 valence electrons. The Morgan fingerprint density at radius 3 is 2.23 bits per heavy atom. The normalized spacial score (nSPS) is 11.6. The minimum Gasteiger partial charge on any atom is -0.126 e. The maximum absolute atomic E-state index is 5.76. The first-order valence-electron chi connectivity index (χ1n) is 3.82. The Balaban J connectivity index is 2.29. The highest BCUT2D eigenvalue weighted by molar-refractivity contribution is 7.99. The highest BCUT2D eigenvalue weighted by Gasteiger charge is 2.23. The number of hydrogen-bond donors (Lipinski definition) is 0. The SMILES string of the molecule is Cl[Si](Cl)(Cl)CCSc1ccccc1. The van der Waals surface area contributed by atoms with Crippen LogP contribution < -0.4 is 0 Å². The van der Waals surface area contributed by atoms with Gasteiger partial charge in [0.15, 0.2) is 0 Å². The topological polar surface area (TPSA) is 0 Å². The predicted molar refractivity (Wildman–Crippen MR) is 65.3 cm³/mol. The van der Waals surface area contributed by atoms with Gasteiger partial charge in [0.05, 0.1) is 0 Å². The highest BCUT2D eigenvalue weighted by atomic mass is 35.8. The Labute approximate surface area is 97.7 Å². The van der Waals surface area contributed by atoms with E-state index in [1.807, 2.05) is 18.2 Å². The van der Waals surface area contributed by atoms with Crippen molar-refractivity contribution >= 4 is 51.0 Å². The first kappa shape index (κ1) is 11.7. The summed E-state index contributed by atoms with van der Waals surface area (Å²) in [6.07, 6.45) is 0. The van der Waals surface area contributed by atoms with E-state index in [4.69, 9.17) is 33.2 Å². The number of rotatable bonds is 4. The van der Waals surface area contributed by atoms with Crippen LogP contribution in [-0.4, -0.2) is 11.8 Å². The quantitative estimate of drug-likeness (QED) is 0.443. The lowest BCUT2D eigenvalue weighted by atomic mass is 10.4. The monoisotopic (exact) mass is 270 g/mol. The van der Waals surface area contributed by atoms with Gasteiger partial charge in [-0.05, 0) is 23.9 Å². The molecule has 0 amide bonds. The third-order valence-corrected chi connectivity index (χ3v) is 5.29. The van der Waals surface area contributed by atoms with E-state index in [2.05, 4.69) is 12.1 Å². The molecule has 0 bridgehead atoms. The van der Waals surface area contributed by atoms with Crippen LogP contribution in [0.4, 0.5) is 0 Å². The van der Waals surface area contributed by atoms with E-state index >= 15 is 0 Å². The third kappa shape index (κ3) is 5.86. The standard InChI is InChI=1S/C8H9Cl3SSi/c9-13(10,11)7-6-12-8-4-2-1-3-5-8/h1-5H,6-7H2. The zero-order chi connectivity index (χ0) is 9.73. The lowest BCUT2D eigenvalue weighted by Gasteiger charge is -2.06. The fourth-order valence-electron chi connectivity index (χ4n) is 0.801. The predicted octanol–water partition coefficient (Wildman–Crippen LogP) is 4.43. The average molecular weight is 272 g/mol. The van der Waals surface area contributed by atoms with Gasteiger partial charge in [-0.1, -0.05) is 18.2 Å². The zero-order valence-electron chi connectivity index (χ0n) is 6.84. The molecule has 0 aliphatic rings. The second kappa shape index (κ2) is 5.52. The summed E-state index contributed by atoms with van der Waals surface area (Å²) in [5.74, 6) is 0.882. The first-order valence-corrected chi connectivity index (χ1v) is 10.1. The Morgan fingerprint density at radius 2 is 1.69 bits per heavy atom. The van der Waals surface area contributed by atoms with Gasteiger partial charge in [0.2, 0.25) is 0 Å². The summed E-state index contributed by atoms with van der Waals surface area (Å²) < 4.78 is 0. The number of thioether (sulfide) groups is 1. The molecule has 0 heterocycles. The fraction of sp³-hybridized carbons (Fsp3) is 0.250. The van der Waals surface area contributed by atoms with Gasteiger partial charge in [-0.3, -0.25) is 0 Å². The van der Waals surface area contributed by atoms with Gasteiger partial charge in [-0.15, -0.1) is 45.0 Å². The maximum atomic E-state index is 5.76. The van der Waals surface area contributed by atoms with Crippen LogP contribution in [0.5, 0.6) is 0 Å². The minimum atomic E-state index is -2.42. The summed E-state index contributed by atoms with van der Waals surface area (Å²) >= 11 is 19.0. The third-order valence-electron chi connectivity index (χ3n) is 1.40. The molecule has 0 saturated carbocycles. The zero-order valence-corrected chi connectivity index (χ0v) is 10.9. The van der Waals surface area contributed by atoms with Crippen molar-refractivity contribution < 1.29 is 0 Å². The summed E-state index contributed by atoms with van der Waals surface area (Å²) in [6, 6.07) is 8.42. The summed E-state index contributed by atoms with van der Waals surface area (Å²) in [5, 5.41) is 0. The lowest BCUT2D eigenvalue weighted by molar-refractivity contribution is 1.42. The molecule has 0 aliphatic heterocycles. The highest BCUT2D eigenvalue weighted by Crippen LogP contribution is 2.28. The van der Waals surface area contributed by atoms with Crippen LogP contribution >= 0.6 is 45.0 Å². The molecule has 1 aromatic carbocycles. The van der Waals surface area contributed by atoms with E-state index in [0.717, 1.165) is 5.75 Å². The molecule has 0 saturated heterocycles. The van der Waals surface area contributed by atoms with Crippen molar-refractivity contribution in [3.8, 4) is 0 Å². The molecular formula is C8H9Cl3SSi. The molecule has 1 rings (SSSR count). The lowest BCUT2D eigenvalue weighted by Crippen LogP contribution is -2.09. The van der Waals surface area contributed by atoms with Crippen LogP contribution in [0.15, 0.2) is 35.2 Å². The number of benzene rings is 1. The maximum Gasteiger partial charge on any atom is 0.342 e. The molecular weight excluding hydrogens is 263 g/mol. The van der Waals surface area contributed by atoms with Gasteiger partial charge in [-0.2, -0.15) is 0 Å². The van der Waals surface area contributed by atoms with E-state index in [1.165, 1.54) is 4.90 Å². The summed E-state index contributed by atoms with van der Waals surface area (Å²) in [6.45, 7) is 0. The molecule has 0 aromatic heterocycles. The summed E-state index contributed by atoms with van der Waals surface area (Å²) in [5.41, 5.74) is 0. The molecule has 0 N–H and O–H groups in total. The Bertz CT molecular complexity index is 247. The van der Waals surface area contributed by atoms with Crippen molar-refractivity contribution in [1.82, 2.24) is 0 Å². The van der Waals surface area contributed by atoms with Crippen molar-refractivity contribution in [2.45, 2.75) is 10.9 Å². The summed E-state index contributed by atoms with van der Waals surface area (Å²) in [7, 11) is 0. The number of halogens is 3. The molecule has 13 heavy (non-hydrogen) atoms. The molecule has 0 spiro atoms. The molecule has 0 unspecified atom stereocenters. The largest absolute Gasteiger partial charge is 0.342 e. The molecule has 1 aromatic rings. The van der Waals surface area contributed by atoms with E-state index < -0.39 is 6.00 Å². The minimum absolute atomic E-state index is 0.706. The van der Waals surface area contributed by atoms with Gasteiger partial charge < -0.3 is 0 Å². The second-order valence-corrected chi connectivity index (χ2v) is 13.0. The second-order valence-electron chi connectivity index (χ2n) is 2.53. The van der Waals surface area contributed by atoms with Crippen LogP contribution in [-0.2, 0) is 0 Å². The van der Waals surface area contributed by atoms with Crippen LogP contribution in [0.1, 0.15) is 0 Å². The Hall–Kier alpha value is 0.657. The van der Waals surface area contributed by atoms with E-state index in [0.29, 0.717) is 6.04 Å². The molecule has 0 radical (unpaired) electrons. The van der Waals surface area contributed by atoms with Crippen molar-refractivity contribution in [3.63, 3.8) is 0 Å². The van der Waals surface area contributed by atoms with Gasteiger partial charge in [0, 0.05) is 4.90 Å². The Kier molecular flexibility index (Phi) is 4.98. The van der Waals surface area contributed by atoms with Crippen molar-refractivity contribution in [1.29, 1.82) is 0 Å². The van der Waals surface area contributed by atoms with Crippen LogP contribution in [0.25, 0.3) is 0 Å². The van der Waals surface area contributed by atoms with Crippen molar-refractivity contribution in [2.75, 3.05) is 5.75 Å². The van der Waals surface area contributed by atoms with Crippen molar-refractivity contribution in [2.24, 2.45) is 0 Å². The van der Waals surface area contributed by atoms with Gasteiger partial charge in [0.25, 0.3) is 0 Å². The molecule has 0 atom stereocenters. The van der Waals surface area contributed by atoms with Gasteiger partial charge >= 0.3 is 6.00 Å². The van der Waals surface area contributed by atoms with Crippen LogP contribution in [0, 0.1) is 0 Å². The van der Waals surface area contributed by atoms with E-state index in [-0.39, 0.29) is 0 Å². The molecule has 0 fully saturated rings. The first-order chi connectivity index (χ1) is 6.08. The van der Waals surface area contributed by atoms with E-state index in [9.17, 15) is 0 Å². The van der Waals surface area contributed by atoms with Gasteiger partial charge in [0.1, 0.15) is 0 Å². The van der Waals surface area contributed by atoms with Gasteiger partial charge in [-0.25, -0.2) is 0 Å². The Morgan fingerprint density at radius 1 is 1.08 bits per heavy atom.